The first-order valence-electron chi connectivity index (χ1n) is 7.10. The largest absolute Gasteiger partial charge is 0.380 e. The van der Waals surface area contributed by atoms with Gasteiger partial charge in [-0.3, -0.25) is 0 Å². The summed E-state index contributed by atoms with van der Waals surface area (Å²) in [5.74, 6) is -1.07. The summed E-state index contributed by atoms with van der Waals surface area (Å²) in [6.07, 6.45) is 5.92. The normalized spacial score (nSPS) is 21.7. The van der Waals surface area contributed by atoms with Crippen molar-refractivity contribution in [3.05, 3.63) is 29.8 Å². The molecule has 2 rings (SSSR count). The highest BCUT2D eigenvalue weighted by Gasteiger charge is 2.15. The molecule has 0 aromatic heterocycles. The van der Waals surface area contributed by atoms with Crippen molar-refractivity contribution in [1.82, 2.24) is 5.32 Å². The lowest BCUT2D eigenvalue weighted by Gasteiger charge is -2.22. The molecule has 2 N–H and O–H groups in total. The molecule has 19 heavy (non-hydrogen) atoms. The Labute approximate surface area is 113 Å². The SMILES string of the molecule is CC(CC1CCCCCN1)Nc1ccc(F)cc1F. The lowest BCUT2D eigenvalue weighted by molar-refractivity contribution is 0.455. The molecule has 1 fully saturated rings. The van der Waals surface area contributed by atoms with Gasteiger partial charge in [-0.25, -0.2) is 8.78 Å². The number of nitrogens with one attached hydrogen (secondary N) is 2. The summed E-state index contributed by atoms with van der Waals surface area (Å²) in [6, 6.07) is 4.31. The Kier molecular flexibility index (Phi) is 5.14. The van der Waals surface area contributed by atoms with Gasteiger partial charge in [-0.1, -0.05) is 12.8 Å². The second-order valence-corrected chi connectivity index (χ2v) is 5.41. The molecule has 1 aromatic carbocycles. The van der Waals surface area contributed by atoms with Gasteiger partial charge in [-0.2, -0.15) is 0 Å². The van der Waals surface area contributed by atoms with Gasteiger partial charge < -0.3 is 10.6 Å². The maximum atomic E-state index is 13.5. The van der Waals surface area contributed by atoms with Gasteiger partial charge in [0.15, 0.2) is 0 Å². The van der Waals surface area contributed by atoms with Crippen LogP contribution in [0.2, 0.25) is 0 Å². The maximum Gasteiger partial charge on any atom is 0.149 e. The lowest BCUT2D eigenvalue weighted by Crippen LogP contribution is -2.33. The Morgan fingerprint density at radius 3 is 2.95 bits per heavy atom. The van der Waals surface area contributed by atoms with Crippen LogP contribution in [-0.2, 0) is 0 Å². The molecule has 2 nitrogen and oxygen atoms in total. The van der Waals surface area contributed by atoms with Crippen LogP contribution < -0.4 is 10.6 Å². The molecule has 2 atom stereocenters. The Hall–Kier alpha value is -1.16. The Bertz CT molecular complexity index is 401. The van der Waals surface area contributed by atoms with E-state index in [1.807, 2.05) is 6.92 Å². The van der Waals surface area contributed by atoms with E-state index in [1.54, 1.807) is 0 Å². The van der Waals surface area contributed by atoms with E-state index >= 15 is 0 Å². The number of rotatable bonds is 4. The van der Waals surface area contributed by atoms with Crippen molar-refractivity contribution < 1.29 is 8.78 Å². The summed E-state index contributed by atoms with van der Waals surface area (Å²) in [4.78, 5) is 0. The molecule has 1 aliphatic rings. The summed E-state index contributed by atoms with van der Waals surface area (Å²) in [5.41, 5.74) is 0.377. The third-order valence-corrected chi connectivity index (χ3v) is 3.63. The van der Waals surface area contributed by atoms with Gasteiger partial charge in [0.2, 0.25) is 0 Å². The number of hydrogen-bond donors (Lipinski definition) is 2. The van der Waals surface area contributed by atoms with Crippen molar-refractivity contribution in [2.75, 3.05) is 11.9 Å². The average molecular weight is 268 g/mol. The van der Waals surface area contributed by atoms with E-state index in [9.17, 15) is 8.78 Å². The van der Waals surface area contributed by atoms with Crippen LogP contribution in [-0.4, -0.2) is 18.6 Å². The lowest BCUT2D eigenvalue weighted by atomic mass is 10.0. The molecule has 4 heteroatoms. The van der Waals surface area contributed by atoms with Gasteiger partial charge in [-0.15, -0.1) is 0 Å². The highest BCUT2D eigenvalue weighted by molar-refractivity contribution is 5.45. The molecule has 1 aliphatic heterocycles. The molecule has 0 bridgehead atoms. The molecule has 106 valence electrons. The summed E-state index contributed by atoms with van der Waals surface area (Å²) in [6.45, 7) is 3.11. The fourth-order valence-electron chi connectivity index (χ4n) is 2.66. The van der Waals surface area contributed by atoms with Crippen LogP contribution in [0, 0.1) is 11.6 Å². The molecule has 0 aliphatic carbocycles. The molecule has 1 saturated heterocycles. The molecule has 0 amide bonds. The summed E-state index contributed by atoms with van der Waals surface area (Å²) in [5, 5.41) is 6.65. The van der Waals surface area contributed by atoms with Crippen LogP contribution >= 0.6 is 0 Å². The molecule has 2 unspecified atom stereocenters. The highest BCUT2D eigenvalue weighted by Crippen LogP contribution is 2.19. The number of hydrogen-bond acceptors (Lipinski definition) is 2. The van der Waals surface area contributed by atoms with Gasteiger partial charge in [0, 0.05) is 18.2 Å². The average Bonchev–Trinajstić information content (AvgIpc) is 2.61. The number of anilines is 1. The van der Waals surface area contributed by atoms with Crippen LogP contribution in [0.4, 0.5) is 14.5 Å². The first-order chi connectivity index (χ1) is 9.15. The maximum absolute atomic E-state index is 13.5. The van der Waals surface area contributed by atoms with E-state index in [2.05, 4.69) is 10.6 Å². The molecular formula is C15H22F2N2. The van der Waals surface area contributed by atoms with E-state index < -0.39 is 11.6 Å². The van der Waals surface area contributed by atoms with Crippen molar-refractivity contribution in [1.29, 1.82) is 0 Å². The molecular weight excluding hydrogens is 246 g/mol. The van der Waals surface area contributed by atoms with E-state index in [0.717, 1.165) is 19.0 Å². The summed E-state index contributed by atoms with van der Waals surface area (Å²) >= 11 is 0. The van der Waals surface area contributed by atoms with Gasteiger partial charge in [0.25, 0.3) is 0 Å². The zero-order chi connectivity index (χ0) is 13.7. The van der Waals surface area contributed by atoms with Crippen molar-refractivity contribution in [2.45, 2.75) is 51.1 Å². The predicted octanol–water partition coefficient (Wildman–Crippen LogP) is 3.69. The standard InChI is InChI=1S/C15H22F2N2/c1-11(9-13-5-3-2-4-8-18-13)19-15-7-6-12(16)10-14(15)17/h6-7,10-11,13,18-19H,2-5,8-9H2,1H3. The molecule has 0 spiro atoms. The zero-order valence-electron chi connectivity index (χ0n) is 11.4. The highest BCUT2D eigenvalue weighted by atomic mass is 19.1. The van der Waals surface area contributed by atoms with Gasteiger partial charge in [0.1, 0.15) is 11.6 Å². The molecule has 1 heterocycles. The van der Waals surface area contributed by atoms with Gasteiger partial charge in [0.05, 0.1) is 5.69 Å². The molecule has 0 saturated carbocycles. The van der Waals surface area contributed by atoms with Crippen LogP contribution in [0.3, 0.4) is 0 Å². The van der Waals surface area contributed by atoms with Gasteiger partial charge in [-0.05, 0) is 44.9 Å². The van der Waals surface area contributed by atoms with E-state index in [4.69, 9.17) is 0 Å². The van der Waals surface area contributed by atoms with Gasteiger partial charge >= 0.3 is 0 Å². The van der Waals surface area contributed by atoms with Crippen molar-refractivity contribution in [3.8, 4) is 0 Å². The van der Waals surface area contributed by atoms with E-state index in [0.29, 0.717) is 11.7 Å². The van der Waals surface area contributed by atoms with Crippen LogP contribution in [0.5, 0.6) is 0 Å². The van der Waals surface area contributed by atoms with Crippen molar-refractivity contribution in [2.24, 2.45) is 0 Å². The summed E-state index contributed by atoms with van der Waals surface area (Å²) in [7, 11) is 0. The Balaban J connectivity index is 1.87. The molecule has 0 radical (unpaired) electrons. The fraction of sp³-hybridized carbons (Fsp3) is 0.600. The van der Waals surface area contributed by atoms with Crippen LogP contribution in [0.15, 0.2) is 18.2 Å². The zero-order valence-corrected chi connectivity index (χ0v) is 11.4. The monoisotopic (exact) mass is 268 g/mol. The smallest absolute Gasteiger partial charge is 0.149 e. The first-order valence-corrected chi connectivity index (χ1v) is 7.10. The van der Waals surface area contributed by atoms with E-state index in [1.165, 1.54) is 37.8 Å². The third kappa shape index (κ3) is 4.46. The Morgan fingerprint density at radius 1 is 1.32 bits per heavy atom. The minimum absolute atomic E-state index is 0.163. The van der Waals surface area contributed by atoms with Crippen molar-refractivity contribution in [3.63, 3.8) is 0 Å². The molecule has 1 aromatic rings. The van der Waals surface area contributed by atoms with Crippen LogP contribution in [0.1, 0.15) is 39.0 Å². The van der Waals surface area contributed by atoms with Crippen LogP contribution in [0.25, 0.3) is 0 Å². The minimum Gasteiger partial charge on any atom is -0.380 e. The predicted molar refractivity (Wildman–Crippen MR) is 74.3 cm³/mol. The van der Waals surface area contributed by atoms with Crippen molar-refractivity contribution >= 4 is 5.69 Å². The number of halogens is 2. The Morgan fingerprint density at radius 2 is 2.16 bits per heavy atom. The number of benzene rings is 1. The second-order valence-electron chi connectivity index (χ2n) is 5.41. The van der Waals surface area contributed by atoms with E-state index in [-0.39, 0.29) is 6.04 Å². The topological polar surface area (TPSA) is 24.1 Å². The first kappa shape index (κ1) is 14.3. The fourth-order valence-corrected chi connectivity index (χ4v) is 2.66. The third-order valence-electron chi connectivity index (χ3n) is 3.63. The summed E-state index contributed by atoms with van der Waals surface area (Å²) < 4.78 is 26.4. The quantitative estimate of drug-likeness (QED) is 0.870. The second kappa shape index (κ2) is 6.85. The minimum atomic E-state index is -0.541.